The van der Waals surface area contributed by atoms with Crippen molar-refractivity contribution in [1.29, 1.82) is 0 Å². The molecule has 0 amide bonds. The zero-order valence-corrected chi connectivity index (χ0v) is 18.2. The molecule has 0 bridgehead atoms. The molecule has 0 aliphatic heterocycles. The predicted molar refractivity (Wildman–Crippen MR) is 121 cm³/mol. The van der Waals surface area contributed by atoms with Crippen LogP contribution in [0.5, 0.6) is 11.5 Å². The lowest BCUT2D eigenvalue weighted by atomic mass is 10.1. The fourth-order valence-electron chi connectivity index (χ4n) is 2.93. The van der Waals surface area contributed by atoms with E-state index in [0.29, 0.717) is 33.6 Å². The molecule has 0 atom stereocenters. The van der Waals surface area contributed by atoms with E-state index in [4.69, 9.17) is 9.47 Å². The number of ether oxygens (including phenoxy) is 2. The molecule has 5 nitrogen and oxygen atoms in total. The Morgan fingerprint density at radius 2 is 1.77 bits per heavy atom. The third kappa shape index (κ3) is 5.21. The molecule has 0 saturated heterocycles. The largest absolute Gasteiger partial charge is 0.426 e. The maximum absolute atomic E-state index is 11.6. The average Bonchev–Trinajstić information content (AvgIpc) is 2.69. The van der Waals surface area contributed by atoms with Gasteiger partial charge in [0.25, 0.3) is 0 Å². The molecular weight excluding hydrogens is 446 g/mol. The van der Waals surface area contributed by atoms with Crippen molar-refractivity contribution >= 4 is 50.9 Å². The van der Waals surface area contributed by atoms with Crippen LogP contribution in [0, 0.1) is 0 Å². The van der Waals surface area contributed by atoms with Crippen molar-refractivity contribution in [1.82, 2.24) is 4.98 Å². The summed E-state index contributed by atoms with van der Waals surface area (Å²) in [6.07, 6.45) is 6.10. The van der Waals surface area contributed by atoms with E-state index in [-0.39, 0.29) is 5.97 Å². The van der Waals surface area contributed by atoms with Crippen LogP contribution in [0.1, 0.15) is 30.7 Å². The van der Waals surface area contributed by atoms with E-state index in [1.807, 2.05) is 48.6 Å². The van der Waals surface area contributed by atoms with E-state index in [1.165, 1.54) is 13.8 Å². The molecule has 3 rings (SSSR count). The molecule has 3 aromatic rings. The minimum Gasteiger partial charge on any atom is -0.426 e. The molecule has 0 radical (unpaired) electrons. The Bertz CT molecular complexity index is 1170. The van der Waals surface area contributed by atoms with Crippen molar-refractivity contribution in [3.63, 3.8) is 0 Å². The standard InChI is InChI=1S/C24H20BrNO4/c1-4-5-19-9-8-18-10-12-20(26-23(18)24(19)30-16(3)28)11-6-17-7-13-22(21(25)14-17)29-15(2)27/h4,6-14H,1,5H2,2-3H3/b11-6+. The first-order valence-corrected chi connectivity index (χ1v) is 10.0. The number of esters is 2. The van der Waals surface area contributed by atoms with E-state index < -0.39 is 5.97 Å². The number of carbonyl (C=O) groups excluding carboxylic acids is 2. The Labute approximate surface area is 183 Å². The molecule has 152 valence electrons. The van der Waals surface area contributed by atoms with Crippen LogP contribution in [-0.4, -0.2) is 16.9 Å². The van der Waals surface area contributed by atoms with Crippen LogP contribution in [0.3, 0.4) is 0 Å². The highest BCUT2D eigenvalue weighted by Gasteiger charge is 2.12. The molecule has 1 aromatic heterocycles. The van der Waals surface area contributed by atoms with E-state index in [1.54, 1.807) is 12.1 Å². The molecule has 0 aliphatic carbocycles. The molecule has 0 fully saturated rings. The van der Waals surface area contributed by atoms with Crippen molar-refractivity contribution in [3.8, 4) is 11.5 Å². The van der Waals surface area contributed by atoms with Gasteiger partial charge in [-0.15, -0.1) is 6.58 Å². The Morgan fingerprint density at radius 3 is 2.43 bits per heavy atom. The minimum absolute atomic E-state index is 0.376. The van der Waals surface area contributed by atoms with E-state index in [0.717, 1.165) is 16.5 Å². The summed E-state index contributed by atoms with van der Waals surface area (Å²) >= 11 is 3.41. The van der Waals surface area contributed by atoms with Crippen molar-refractivity contribution in [2.45, 2.75) is 20.3 Å². The summed E-state index contributed by atoms with van der Waals surface area (Å²) in [5.41, 5.74) is 3.09. The second-order valence-corrected chi connectivity index (χ2v) is 7.42. The maximum atomic E-state index is 11.6. The first-order valence-electron chi connectivity index (χ1n) is 9.25. The SMILES string of the molecule is C=CCc1ccc2ccc(/C=C/c3ccc(OC(C)=O)c(Br)c3)nc2c1OC(C)=O. The van der Waals surface area contributed by atoms with Crippen LogP contribution in [0.2, 0.25) is 0 Å². The topological polar surface area (TPSA) is 65.5 Å². The Balaban J connectivity index is 1.96. The number of halogens is 1. The lowest BCUT2D eigenvalue weighted by molar-refractivity contribution is -0.132. The summed E-state index contributed by atoms with van der Waals surface area (Å²) in [6, 6.07) is 13.1. The van der Waals surface area contributed by atoms with Gasteiger partial charge in [0.1, 0.15) is 11.3 Å². The molecule has 0 unspecified atom stereocenters. The second-order valence-electron chi connectivity index (χ2n) is 6.56. The molecule has 6 heteroatoms. The van der Waals surface area contributed by atoms with Gasteiger partial charge in [0, 0.05) is 24.8 Å². The summed E-state index contributed by atoms with van der Waals surface area (Å²) in [4.78, 5) is 27.4. The van der Waals surface area contributed by atoms with Gasteiger partial charge in [0.15, 0.2) is 5.75 Å². The van der Waals surface area contributed by atoms with Gasteiger partial charge in [-0.05, 0) is 52.2 Å². The molecule has 1 heterocycles. The number of carbonyl (C=O) groups is 2. The van der Waals surface area contributed by atoms with Crippen molar-refractivity contribution in [3.05, 3.63) is 76.4 Å². The Hall–Kier alpha value is -3.25. The predicted octanol–water partition coefficient (Wildman–Crippen LogP) is 5.75. The first-order chi connectivity index (χ1) is 14.4. The van der Waals surface area contributed by atoms with Gasteiger partial charge in [0.05, 0.1) is 10.2 Å². The Morgan fingerprint density at radius 1 is 1.03 bits per heavy atom. The van der Waals surface area contributed by atoms with Gasteiger partial charge in [-0.2, -0.15) is 0 Å². The van der Waals surface area contributed by atoms with Gasteiger partial charge < -0.3 is 9.47 Å². The third-order valence-corrected chi connectivity index (χ3v) is 4.80. The number of hydrogen-bond acceptors (Lipinski definition) is 5. The summed E-state index contributed by atoms with van der Waals surface area (Å²) in [7, 11) is 0. The second kappa shape index (κ2) is 9.50. The van der Waals surface area contributed by atoms with Crippen LogP contribution in [-0.2, 0) is 16.0 Å². The minimum atomic E-state index is -0.395. The molecule has 30 heavy (non-hydrogen) atoms. The highest BCUT2D eigenvalue weighted by Crippen LogP contribution is 2.30. The Kier molecular flexibility index (Phi) is 6.79. The van der Waals surface area contributed by atoms with Crippen LogP contribution in [0.15, 0.2) is 59.6 Å². The molecular formula is C24H20BrNO4. The fourth-order valence-corrected chi connectivity index (χ4v) is 3.40. The van der Waals surface area contributed by atoms with Crippen LogP contribution >= 0.6 is 15.9 Å². The van der Waals surface area contributed by atoms with Crippen LogP contribution in [0.4, 0.5) is 0 Å². The number of allylic oxidation sites excluding steroid dienone is 1. The highest BCUT2D eigenvalue weighted by atomic mass is 79.9. The van der Waals surface area contributed by atoms with E-state index in [2.05, 4.69) is 27.5 Å². The number of benzene rings is 2. The average molecular weight is 466 g/mol. The highest BCUT2D eigenvalue weighted by molar-refractivity contribution is 9.10. The molecule has 2 aromatic carbocycles. The number of pyridine rings is 1. The summed E-state index contributed by atoms with van der Waals surface area (Å²) in [6.45, 7) is 6.49. The first kappa shape index (κ1) is 21.5. The number of fused-ring (bicyclic) bond motifs is 1. The van der Waals surface area contributed by atoms with E-state index >= 15 is 0 Å². The molecule has 0 N–H and O–H groups in total. The summed E-state index contributed by atoms with van der Waals surface area (Å²) in [5, 5.41) is 0.879. The van der Waals surface area contributed by atoms with Gasteiger partial charge in [-0.1, -0.05) is 36.4 Å². The van der Waals surface area contributed by atoms with Crippen LogP contribution in [0.25, 0.3) is 23.1 Å². The number of hydrogen-bond donors (Lipinski definition) is 0. The van der Waals surface area contributed by atoms with Gasteiger partial charge >= 0.3 is 11.9 Å². The number of rotatable bonds is 6. The normalized spacial score (nSPS) is 10.9. The maximum Gasteiger partial charge on any atom is 0.308 e. The molecule has 0 aliphatic rings. The monoisotopic (exact) mass is 465 g/mol. The van der Waals surface area contributed by atoms with Gasteiger partial charge in [-0.3, -0.25) is 9.59 Å². The van der Waals surface area contributed by atoms with Crippen LogP contribution < -0.4 is 9.47 Å². The third-order valence-electron chi connectivity index (χ3n) is 4.19. The zero-order valence-electron chi connectivity index (χ0n) is 16.6. The number of aromatic nitrogens is 1. The lowest BCUT2D eigenvalue weighted by Gasteiger charge is -2.11. The number of nitrogens with zero attached hydrogens (tertiary/aromatic N) is 1. The summed E-state index contributed by atoms with van der Waals surface area (Å²) < 4.78 is 11.3. The zero-order chi connectivity index (χ0) is 21.7. The fraction of sp³-hybridized carbons (Fsp3) is 0.125. The van der Waals surface area contributed by atoms with Crippen molar-refractivity contribution < 1.29 is 19.1 Å². The smallest absolute Gasteiger partial charge is 0.308 e. The molecule has 0 saturated carbocycles. The van der Waals surface area contributed by atoms with Gasteiger partial charge in [0.2, 0.25) is 0 Å². The van der Waals surface area contributed by atoms with E-state index in [9.17, 15) is 9.59 Å². The van der Waals surface area contributed by atoms with Crippen molar-refractivity contribution in [2.24, 2.45) is 0 Å². The summed E-state index contributed by atoms with van der Waals surface area (Å²) in [5.74, 6) is 0.153. The molecule has 0 spiro atoms. The lowest BCUT2D eigenvalue weighted by Crippen LogP contribution is -2.05. The van der Waals surface area contributed by atoms with Crippen molar-refractivity contribution in [2.75, 3.05) is 0 Å². The van der Waals surface area contributed by atoms with Gasteiger partial charge in [-0.25, -0.2) is 4.98 Å². The quantitative estimate of drug-likeness (QED) is 0.263.